The first-order valence-corrected chi connectivity index (χ1v) is 22.5. The number of aromatic nitrogens is 2. The predicted molar refractivity (Wildman–Crippen MR) is 215 cm³/mol. The van der Waals surface area contributed by atoms with Crippen LogP contribution in [0.4, 0.5) is 13.6 Å². The third-order valence-electron chi connectivity index (χ3n) is 12.9. The number of alkyl halides is 2. The SMILES string of the molecule is C=C[C@@H]1C[C@H]2CCCCCc3nc4ccc(OC)cc4nc3O[C@H]3CN(C(=O)[C@H](C(C)(C)C)NC(=O)O[C@@H]2C1)[C@H](C(=O)N[C@]1(C(=O)NS(=O)(=O)C2CC2)C[C@H]1C(F)F)[C@@H]3C. The number of halogens is 2. The second kappa shape index (κ2) is 16.7. The molecule has 5 aliphatic rings. The molecule has 3 N–H and O–H groups in total. The van der Waals surface area contributed by atoms with Gasteiger partial charge in [-0.2, -0.15) is 0 Å². The van der Waals surface area contributed by atoms with E-state index in [0.717, 1.165) is 32.1 Å². The van der Waals surface area contributed by atoms with E-state index in [-0.39, 0.29) is 24.3 Å². The number of benzene rings is 1. The Bertz CT molecular complexity index is 2130. The monoisotopic (exact) mass is 858 g/mol. The van der Waals surface area contributed by atoms with Gasteiger partial charge in [0.15, 0.2) is 0 Å². The number of amides is 4. The number of fused-ring (bicyclic) bond motifs is 5. The number of aryl methyl sites for hydroxylation is 1. The maximum atomic E-state index is 14.9. The highest BCUT2D eigenvalue weighted by Crippen LogP contribution is 2.49. The van der Waals surface area contributed by atoms with Crippen LogP contribution < -0.4 is 24.8 Å². The van der Waals surface area contributed by atoms with Crippen LogP contribution >= 0.6 is 0 Å². The van der Waals surface area contributed by atoms with E-state index < -0.39 is 99.0 Å². The molecule has 0 unspecified atom stereocenters. The van der Waals surface area contributed by atoms with Crippen molar-refractivity contribution in [1.29, 1.82) is 0 Å². The zero-order chi connectivity index (χ0) is 43.3. The molecule has 1 aromatic heterocycles. The zero-order valence-corrected chi connectivity index (χ0v) is 35.6. The molecule has 7 rings (SSSR count). The number of alkyl carbamates (subject to hydrolysis) is 1. The van der Waals surface area contributed by atoms with E-state index in [9.17, 15) is 36.4 Å². The summed E-state index contributed by atoms with van der Waals surface area (Å²) in [6.45, 7) is 10.7. The fourth-order valence-electron chi connectivity index (χ4n) is 9.07. The molecule has 60 heavy (non-hydrogen) atoms. The van der Waals surface area contributed by atoms with Gasteiger partial charge < -0.3 is 29.7 Å². The first-order chi connectivity index (χ1) is 28.3. The van der Waals surface area contributed by atoms with Crippen molar-refractivity contribution in [3.63, 3.8) is 0 Å². The molecule has 3 saturated carbocycles. The van der Waals surface area contributed by atoms with Gasteiger partial charge in [0.1, 0.15) is 41.3 Å². The summed E-state index contributed by atoms with van der Waals surface area (Å²) < 4.78 is 74.2. The average Bonchev–Trinajstić information content (AvgIpc) is 4.10. The van der Waals surface area contributed by atoms with E-state index in [4.69, 9.17) is 24.2 Å². The van der Waals surface area contributed by atoms with Gasteiger partial charge in [-0.1, -0.05) is 46.6 Å². The van der Waals surface area contributed by atoms with Crippen LogP contribution in [-0.4, -0.2) is 102 Å². The van der Waals surface area contributed by atoms with Crippen molar-refractivity contribution in [1.82, 2.24) is 30.2 Å². The smallest absolute Gasteiger partial charge is 0.408 e. The quantitative estimate of drug-likeness (QED) is 0.308. The predicted octanol–water partition coefficient (Wildman–Crippen LogP) is 4.82. The number of carbonyl (C=O) groups is 4. The van der Waals surface area contributed by atoms with E-state index in [1.165, 1.54) is 12.0 Å². The molecule has 2 bridgehead atoms. The van der Waals surface area contributed by atoms with Crippen LogP contribution in [-0.2, 0) is 35.6 Å². The maximum Gasteiger partial charge on any atom is 0.408 e. The van der Waals surface area contributed by atoms with E-state index in [1.807, 2.05) is 10.8 Å². The van der Waals surface area contributed by atoms with Gasteiger partial charge in [0.25, 0.3) is 5.91 Å². The summed E-state index contributed by atoms with van der Waals surface area (Å²) in [4.78, 5) is 67.8. The average molecular weight is 859 g/mol. The van der Waals surface area contributed by atoms with Crippen LogP contribution in [0.1, 0.15) is 91.2 Å². The minimum atomic E-state index is -4.15. The lowest BCUT2D eigenvalue weighted by Crippen LogP contribution is -2.61. The molecule has 18 heteroatoms. The lowest BCUT2D eigenvalue weighted by Gasteiger charge is -2.36. The number of hydrogen-bond donors (Lipinski definition) is 3. The van der Waals surface area contributed by atoms with Crippen LogP contribution in [0.3, 0.4) is 0 Å². The summed E-state index contributed by atoms with van der Waals surface area (Å²) in [7, 11) is -2.62. The van der Waals surface area contributed by atoms with Gasteiger partial charge >= 0.3 is 6.09 Å². The zero-order valence-electron chi connectivity index (χ0n) is 34.7. The minimum absolute atomic E-state index is 0.0762. The summed E-state index contributed by atoms with van der Waals surface area (Å²) >= 11 is 0. The Morgan fingerprint density at radius 3 is 2.47 bits per heavy atom. The Morgan fingerprint density at radius 2 is 1.82 bits per heavy atom. The van der Waals surface area contributed by atoms with Crippen molar-refractivity contribution in [3.05, 3.63) is 36.5 Å². The molecule has 15 nitrogen and oxygen atoms in total. The van der Waals surface area contributed by atoms with Gasteiger partial charge in [-0.25, -0.2) is 32.0 Å². The topological polar surface area (TPSA) is 195 Å². The van der Waals surface area contributed by atoms with Crippen molar-refractivity contribution < 1.29 is 50.6 Å². The molecular formula is C42H56F2N6O9S. The Morgan fingerprint density at radius 1 is 1.07 bits per heavy atom. The molecule has 3 heterocycles. The summed E-state index contributed by atoms with van der Waals surface area (Å²) in [5.41, 5.74) is -1.49. The summed E-state index contributed by atoms with van der Waals surface area (Å²) in [5.74, 6) is -4.41. The molecular weight excluding hydrogens is 803 g/mol. The molecule has 9 atom stereocenters. The number of sulfonamides is 1. The molecule has 1 saturated heterocycles. The Balaban J connectivity index is 1.26. The van der Waals surface area contributed by atoms with E-state index in [2.05, 4.69) is 17.2 Å². The highest BCUT2D eigenvalue weighted by Gasteiger charge is 2.67. The van der Waals surface area contributed by atoms with Crippen LogP contribution in [0.5, 0.6) is 11.6 Å². The number of allylic oxidation sites excluding steroid dienone is 1. The molecule has 0 radical (unpaired) electrons. The first kappa shape index (κ1) is 43.5. The Labute approximate surface area is 349 Å². The van der Waals surface area contributed by atoms with Crippen molar-refractivity contribution in [2.45, 2.75) is 133 Å². The molecule has 4 fully saturated rings. The Hall–Kier alpha value is -4.61. The number of nitrogens with one attached hydrogen (secondary N) is 3. The number of nitrogens with zero attached hydrogens (tertiary/aromatic N) is 3. The second-order valence-electron chi connectivity index (χ2n) is 18.3. The van der Waals surface area contributed by atoms with Crippen molar-refractivity contribution in [2.24, 2.45) is 29.1 Å². The standard InChI is InChI=1S/C42H56F2N6O9S/c1-7-23-17-24-11-9-8-10-12-29-37(46-30-19-25(57-6)13-16-28(30)45-29)58-32-21-50(38(52)34(41(3,4)5)47-40(54)59-31(24)18-23)33(22(32)2)36(51)48-42(20-27(42)35(43)44)39(53)49-60(55,56)26-14-15-26/h7,13,16,19,22-24,26-27,31-35H,1,8-12,14-15,17-18,20-21H2,2-6H3,(H,47,54)(H,48,51)(H,49,53)/t22-,23-,24-,27+,31-,32+,33+,34-,42-/m1/s1. The van der Waals surface area contributed by atoms with Crippen molar-refractivity contribution in [2.75, 3.05) is 13.7 Å². The highest BCUT2D eigenvalue weighted by molar-refractivity contribution is 7.91. The van der Waals surface area contributed by atoms with E-state index >= 15 is 0 Å². The summed E-state index contributed by atoms with van der Waals surface area (Å²) in [6, 6.07) is 2.65. The van der Waals surface area contributed by atoms with Crippen molar-refractivity contribution in [3.8, 4) is 11.6 Å². The molecule has 3 aliphatic carbocycles. The lowest BCUT2D eigenvalue weighted by molar-refractivity contribution is -0.143. The molecule has 1 aromatic carbocycles. The normalized spacial score (nSPS) is 31.4. The maximum absolute atomic E-state index is 14.9. The van der Waals surface area contributed by atoms with Crippen molar-refractivity contribution >= 4 is 44.9 Å². The van der Waals surface area contributed by atoms with Gasteiger partial charge in [-0.3, -0.25) is 19.1 Å². The summed E-state index contributed by atoms with van der Waals surface area (Å²) in [6.07, 6.45) is 2.03. The number of rotatable bonds is 8. The van der Waals surface area contributed by atoms with E-state index in [1.54, 1.807) is 45.9 Å². The van der Waals surface area contributed by atoms with Gasteiger partial charge in [0.2, 0.25) is 34.1 Å². The number of hydrogen-bond acceptors (Lipinski definition) is 11. The third-order valence-corrected chi connectivity index (χ3v) is 14.7. The third kappa shape index (κ3) is 8.89. The molecule has 2 aliphatic heterocycles. The van der Waals surface area contributed by atoms with Gasteiger partial charge in [-0.05, 0) is 80.8 Å². The van der Waals surface area contributed by atoms with Crippen LogP contribution in [0.2, 0.25) is 0 Å². The summed E-state index contributed by atoms with van der Waals surface area (Å²) in [5, 5.41) is 4.45. The minimum Gasteiger partial charge on any atom is -0.497 e. The molecule has 4 amide bonds. The number of methoxy groups -OCH3 is 1. The van der Waals surface area contributed by atoms with Gasteiger partial charge in [0.05, 0.1) is 35.9 Å². The van der Waals surface area contributed by atoms with Gasteiger partial charge in [-0.15, -0.1) is 6.58 Å². The van der Waals surface area contributed by atoms with Crippen LogP contribution in [0.25, 0.3) is 11.0 Å². The first-order valence-electron chi connectivity index (χ1n) is 20.9. The van der Waals surface area contributed by atoms with E-state index in [0.29, 0.717) is 48.2 Å². The van der Waals surface area contributed by atoms with Crippen LogP contribution in [0, 0.1) is 29.1 Å². The largest absolute Gasteiger partial charge is 0.497 e. The number of carbonyl (C=O) groups excluding carboxylic acids is 4. The van der Waals surface area contributed by atoms with Crippen LogP contribution in [0.15, 0.2) is 30.9 Å². The molecule has 2 aromatic rings. The lowest BCUT2D eigenvalue weighted by atomic mass is 9.85. The molecule has 328 valence electrons. The highest BCUT2D eigenvalue weighted by atomic mass is 32.2. The second-order valence-corrected chi connectivity index (χ2v) is 20.2. The Kier molecular flexibility index (Phi) is 12.1. The van der Waals surface area contributed by atoms with Gasteiger partial charge in [0, 0.05) is 12.0 Å². The fraction of sp³-hybridized carbons (Fsp3) is 0.667. The number of ether oxygens (including phenoxy) is 3. The fourth-order valence-corrected chi connectivity index (χ4v) is 10.4. The molecule has 0 spiro atoms.